The molecule has 0 aliphatic carbocycles. The molecule has 17 heavy (non-hydrogen) atoms. The first kappa shape index (κ1) is 13.3. The number of ether oxygens (including phenoxy) is 1. The van der Waals surface area contributed by atoms with E-state index in [1.54, 1.807) is 0 Å². The van der Waals surface area contributed by atoms with Gasteiger partial charge in [0.2, 0.25) is 0 Å². The first-order valence-corrected chi connectivity index (χ1v) is 7.36. The molecule has 2 heterocycles. The van der Waals surface area contributed by atoms with Gasteiger partial charge in [0.25, 0.3) is 0 Å². The van der Waals surface area contributed by atoms with Gasteiger partial charge in [-0.2, -0.15) is 0 Å². The quantitative estimate of drug-likeness (QED) is 0.794. The number of rotatable bonds is 5. The van der Waals surface area contributed by atoms with Crippen LogP contribution in [0.1, 0.15) is 39.5 Å². The first-order chi connectivity index (χ1) is 8.31. The van der Waals surface area contributed by atoms with Gasteiger partial charge in [-0.1, -0.05) is 6.92 Å². The summed E-state index contributed by atoms with van der Waals surface area (Å²) in [5, 5.41) is 3.65. The molecule has 2 aliphatic rings. The van der Waals surface area contributed by atoms with Gasteiger partial charge in [-0.05, 0) is 45.1 Å². The average Bonchev–Trinajstić information content (AvgIpc) is 2.85. The Kier molecular flexibility index (Phi) is 5.26. The Bertz CT molecular complexity index is 216. The van der Waals surface area contributed by atoms with Gasteiger partial charge in [-0.25, -0.2) is 0 Å². The van der Waals surface area contributed by atoms with Crippen LogP contribution in [0.15, 0.2) is 0 Å². The van der Waals surface area contributed by atoms with Crippen LogP contribution in [-0.4, -0.2) is 49.8 Å². The van der Waals surface area contributed by atoms with Crippen molar-refractivity contribution in [3.63, 3.8) is 0 Å². The summed E-state index contributed by atoms with van der Waals surface area (Å²) in [6, 6.07) is 1.48. The molecular formula is C14H28N2O. The molecule has 2 unspecified atom stereocenters. The fraction of sp³-hybridized carbons (Fsp3) is 1.00. The smallest absolute Gasteiger partial charge is 0.0469 e. The molecule has 1 N–H and O–H groups in total. The van der Waals surface area contributed by atoms with Crippen LogP contribution in [0.3, 0.4) is 0 Å². The van der Waals surface area contributed by atoms with Crippen molar-refractivity contribution in [3.8, 4) is 0 Å². The minimum absolute atomic E-state index is 0.734. The van der Waals surface area contributed by atoms with E-state index in [9.17, 15) is 0 Å². The zero-order valence-electron chi connectivity index (χ0n) is 11.5. The minimum atomic E-state index is 0.734. The highest BCUT2D eigenvalue weighted by molar-refractivity contribution is 4.87. The highest BCUT2D eigenvalue weighted by Crippen LogP contribution is 2.25. The van der Waals surface area contributed by atoms with Crippen molar-refractivity contribution in [2.45, 2.75) is 51.6 Å². The summed E-state index contributed by atoms with van der Waals surface area (Å²) < 4.78 is 5.46. The van der Waals surface area contributed by atoms with E-state index in [-0.39, 0.29) is 0 Å². The summed E-state index contributed by atoms with van der Waals surface area (Å²) in [5.74, 6) is 0.855. The number of nitrogens with zero attached hydrogens (tertiary/aromatic N) is 1. The summed E-state index contributed by atoms with van der Waals surface area (Å²) >= 11 is 0. The standard InChI is InChI=1S/C14H28N2O/c1-3-7-15-14-4-8-16(11-14)12(2)13-5-9-17-10-6-13/h12-15H,3-11H2,1-2H3. The first-order valence-electron chi connectivity index (χ1n) is 7.36. The molecule has 0 spiro atoms. The normalized spacial score (nSPS) is 29.6. The number of hydrogen-bond acceptors (Lipinski definition) is 3. The molecule has 3 nitrogen and oxygen atoms in total. The predicted octanol–water partition coefficient (Wildman–Crippen LogP) is 1.88. The molecule has 2 aliphatic heterocycles. The summed E-state index contributed by atoms with van der Waals surface area (Å²) in [7, 11) is 0. The number of nitrogens with one attached hydrogen (secondary N) is 1. The molecule has 2 rings (SSSR count). The molecule has 0 aromatic heterocycles. The zero-order valence-corrected chi connectivity index (χ0v) is 11.5. The topological polar surface area (TPSA) is 24.5 Å². The van der Waals surface area contributed by atoms with Gasteiger partial charge in [0.05, 0.1) is 0 Å². The molecule has 2 saturated heterocycles. The molecule has 0 aromatic rings. The van der Waals surface area contributed by atoms with Gasteiger partial charge in [0.1, 0.15) is 0 Å². The van der Waals surface area contributed by atoms with E-state index in [0.29, 0.717) is 0 Å². The number of hydrogen-bond donors (Lipinski definition) is 1. The minimum Gasteiger partial charge on any atom is -0.381 e. The Morgan fingerprint density at radius 2 is 2.06 bits per heavy atom. The maximum absolute atomic E-state index is 5.46. The highest BCUT2D eigenvalue weighted by atomic mass is 16.5. The molecule has 100 valence electrons. The van der Waals surface area contributed by atoms with Crippen molar-refractivity contribution in [2.24, 2.45) is 5.92 Å². The molecule has 0 amide bonds. The van der Waals surface area contributed by atoms with E-state index in [4.69, 9.17) is 4.74 Å². The third-order valence-electron chi connectivity index (χ3n) is 4.43. The molecule has 0 saturated carbocycles. The summed E-state index contributed by atoms with van der Waals surface area (Å²) in [5.41, 5.74) is 0. The Labute approximate surface area is 106 Å². The Hall–Kier alpha value is -0.120. The number of likely N-dealkylation sites (tertiary alicyclic amines) is 1. The van der Waals surface area contributed by atoms with Crippen molar-refractivity contribution in [1.29, 1.82) is 0 Å². The lowest BCUT2D eigenvalue weighted by Gasteiger charge is -2.34. The van der Waals surface area contributed by atoms with E-state index in [2.05, 4.69) is 24.1 Å². The maximum Gasteiger partial charge on any atom is 0.0469 e. The molecule has 0 aromatic carbocycles. The molecule has 0 bridgehead atoms. The van der Waals surface area contributed by atoms with E-state index in [0.717, 1.165) is 31.2 Å². The van der Waals surface area contributed by atoms with Crippen molar-refractivity contribution < 1.29 is 4.74 Å². The van der Waals surface area contributed by atoms with Crippen LogP contribution in [-0.2, 0) is 4.74 Å². The molecule has 0 radical (unpaired) electrons. The third-order valence-corrected chi connectivity index (χ3v) is 4.43. The van der Waals surface area contributed by atoms with Crippen molar-refractivity contribution in [1.82, 2.24) is 10.2 Å². The van der Waals surface area contributed by atoms with Crippen LogP contribution in [0.4, 0.5) is 0 Å². The largest absolute Gasteiger partial charge is 0.381 e. The molecule has 2 fully saturated rings. The molecule has 2 atom stereocenters. The van der Waals surface area contributed by atoms with Crippen LogP contribution < -0.4 is 5.32 Å². The van der Waals surface area contributed by atoms with Crippen LogP contribution in [0, 0.1) is 5.92 Å². The van der Waals surface area contributed by atoms with Crippen molar-refractivity contribution >= 4 is 0 Å². The average molecular weight is 240 g/mol. The lowest BCUT2D eigenvalue weighted by molar-refractivity contribution is 0.0352. The SMILES string of the molecule is CCCNC1CCN(C(C)C2CCOCC2)C1. The lowest BCUT2D eigenvalue weighted by atomic mass is 9.92. The zero-order chi connectivity index (χ0) is 12.1. The van der Waals surface area contributed by atoms with Crippen LogP contribution >= 0.6 is 0 Å². The maximum atomic E-state index is 5.46. The second kappa shape index (κ2) is 6.72. The van der Waals surface area contributed by atoms with Gasteiger partial charge < -0.3 is 10.1 Å². The van der Waals surface area contributed by atoms with Crippen molar-refractivity contribution in [2.75, 3.05) is 32.8 Å². The Morgan fingerprint density at radius 1 is 1.29 bits per heavy atom. The third kappa shape index (κ3) is 3.67. The fourth-order valence-electron chi connectivity index (χ4n) is 3.17. The van der Waals surface area contributed by atoms with Crippen LogP contribution in [0.25, 0.3) is 0 Å². The van der Waals surface area contributed by atoms with Gasteiger partial charge in [0.15, 0.2) is 0 Å². The van der Waals surface area contributed by atoms with Gasteiger partial charge in [0, 0.05) is 38.4 Å². The molecular weight excluding hydrogens is 212 g/mol. The summed E-state index contributed by atoms with van der Waals surface area (Å²) in [4.78, 5) is 2.68. The monoisotopic (exact) mass is 240 g/mol. The highest BCUT2D eigenvalue weighted by Gasteiger charge is 2.30. The van der Waals surface area contributed by atoms with E-state index in [1.807, 2.05) is 0 Å². The van der Waals surface area contributed by atoms with E-state index < -0.39 is 0 Å². The summed E-state index contributed by atoms with van der Waals surface area (Å²) in [6.07, 6.45) is 5.08. The second-order valence-electron chi connectivity index (χ2n) is 5.63. The second-order valence-corrected chi connectivity index (χ2v) is 5.63. The summed E-state index contributed by atoms with van der Waals surface area (Å²) in [6.45, 7) is 10.3. The molecule has 3 heteroatoms. The lowest BCUT2D eigenvalue weighted by Crippen LogP contribution is -2.41. The fourth-order valence-corrected chi connectivity index (χ4v) is 3.17. The predicted molar refractivity (Wildman–Crippen MR) is 71.3 cm³/mol. The van der Waals surface area contributed by atoms with Gasteiger partial charge >= 0.3 is 0 Å². The Morgan fingerprint density at radius 3 is 2.76 bits per heavy atom. The van der Waals surface area contributed by atoms with Crippen LogP contribution in [0.2, 0.25) is 0 Å². The van der Waals surface area contributed by atoms with Crippen molar-refractivity contribution in [3.05, 3.63) is 0 Å². The van der Waals surface area contributed by atoms with Gasteiger partial charge in [-0.3, -0.25) is 4.90 Å². The Balaban J connectivity index is 1.74. The van der Waals surface area contributed by atoms with E-state index >= 15 is 0 Å². The van der Waals surface area contributed by atoms with Crippen LogP contribution in [0.5, 0.6) is 0 Å². The van der Waals surface area contributed by atoms with Gasteiger partial charge in [-0.15, -0.1) is 0 Å². The van der Waals surface area contributed by atoms with E-state index in [1.165, 1.54) is 45.3 Å².